The van der Waals surface area contributed by atoms with Gasteiger partial charge in [0, 0.05) is 5.69 Å². The summed E-state index contributed by atoms with van der Waals surface area (Å²) in [5.74, 6) is -1.24. The van der Waals surface area contributed by atoms with E-state index in [0.717, 1.165) is 44.2 Å². The Morgan fingerprint density at radius 1 is 1.07 bits per heavy atom. The number of carbonyl (C=O) groups excluding carboxylic acids is 2. The molecule has 3 rings (SSSR count). The highest BCUT2D eigenvalue weighted by Crippen LogP contribution is 2.38. The molecule has 0 fully saturated rings. The third-order valence-electron chi connectivity index (χ3n) is 5.16. The molecule has 1 aromatic carbocycles. The highest BCUT2D eigenvalue weighted by atomic mass is 16.6. The lowest BCUT2D eigenvalue weighted by atomic mass is 9.99. The standard InChI is InChI=1S/C21H29N3O5/c1-21(2,3)29-20(28)22-11-16(18(25)26)23-19(27)24-17-14-8-4-6-12(14)10-13-7-5-9-15(13)17/h10,16H,4-9,11H2,1-3H3,(H,22,28)(H,25,26)(H2,23,24,27). The van der Waals surface area contributed by atoms with Crippen molar-refractivity contribution in [2.24, 2.45) is 0 Å². The van der Waals surface area contributed by atoms with Gasteiger partial charge in [-0.3, -0.25) is 0 Å². The number of alkyl carbamates (subject to hydrolysis) is 1. The molecule has 3 amide bonds. The molecule has 0 saturated heterocycles. The molecule has 1 aromatic rings. The quantitative estimate of drug-likeness (QED) is 0.603. The number of rotatable bonds is 5. The fourth-order valence-electron chi connectivity index (χ4n) is 3.97. The lowest BCUT2D eigenvalue weighted by Gasteiger charge is -2.22. The zero-order chi connectivity index (χ0) is 21.2. The van der Waals surface area contributed by atoms with Gasteiger partial charge < -0.3 is 25.8 Å². The van der Waals surface area contributed by atoms with E-state index < -0.39 is 29.7 Å². The van der Waals surface area contributed by atoms with Crippen molar-refractivity contribution in [3.8, 4) is 0 Å². The predicted molar refractivity (Wildman–Crippen MR) is 108 cm³/mol. The van der Waals surface area contributed by atoms with E-state index in [4.69, 9.17) is 4.74 Å². The molecule has 1 atom stereocenters. The first-order valence-corrected chi connectivity index (χ1v) is 10.1. The summed E-state index contributed by atoms with van der Waals surface area (Å²) in [4.78, 5) is 35.9. The first kappa shape index (κ1) is 21.0. The average Bonchev–Trinajstić information content (AvgIpc) is 3.25. The Labute approximate surface area is 170 Å². The summed E-state index contributed by atoms with van der Waals surface area (Å²) in [6, 6.07) is 0.406. The summed E-state index contributed by atoms with van der Waals surface area (Å²) >= 11 is 0. The number of anilines is 1. The van der Waals surface area contributed by atoms with Gasteiger partial charge in [-0.05, 0) is 81.5 Å². The predicted octanol–water partition coefficient (Wildman–Crippen LogP) is 2.76. The van der Waals surface area contributed by atoms with E-state index in [9.17, 15) is 19.5 Å². The van der Waals surface area contributed by atoms with Crippen LogP contribution in [0.25, 0.3) is 0 Å². The maximum Gasteiger partial charge on any atom is 0.407 e. The van der Waals surface area contributed by atoms with Gasteiger partial charge in [-0.1, -0.05) is 6.07 Å². The number of ether oxygens (including phenoxy) is 1. The van der Waals surface area contributed by atoms with E-state index >= 15 is 0 Å². The molecule has 1 unspecified atom stereocenters. The SMILES string of the molecule is CC(C)(C)OC(=O)NCC(NC(=O)Nc1c2c(cc3c1CCC3)CCC2)C(=O)O. The summed E-state index contributed by atoms with van der Waals surface area (Å²) in [6.45, 7) is 4.86. The van der Waals surface area contributed by atoms with Gasteiger partial charge in [0.05, 0.1) is 6.54 Å². The van der Waals surface area contributed by atoms with E-state index in [2.05, 4.69) is 22.0 Å². The number of carboxylic acid groups (broad SMARTS) is 1. The Morgan fingerprint density at radius 3 is 2.17 bits per heavy atom. The summed E-state index contributed by atoms with van der Waals surface area (Å²) in [5, 5.41) is 17.1. The lowest BCUT2D eigenvalue weighted by molar-refractivity contribution is -0.139. The molecular weight excluding hydrogens is 374 g/mol. The Hall–Kier alpha value is -2.77. The van der Waals surface area contributed by atoms with Crippen molar-refractivity contribution in [2.75, 3.05) is 11.9 Å². The van der Waals surface area contributed by atoms with Crippen LogP contribution in [0.15, 0.2) is 6.07 Å². The van der Waals surface area contributed by atoms with Crippen LogP contribution in [0.1, 0.15) is 55.9 Å². The molecule has 0 bridgehead atoms. The fourth-order valence-corrected chi connectivity index (χ4v) is 3.97. The monoisotopic (exact) mass is 403 g/mol. The summed E-state index contributed by atoms with van der Waals surface area (Å²) in [6.07, 6.45) is 5.25. The second kappa shape index (κ2) is 8.31. The second-order valence-electron chi connectivity index (χ2n) is 8.61. The first-order valence-electron chi connectivity index (χ1n) is 10.1. The Balaban J connectivity index is 1.65. The second-order valence-corrected chi connectivity index (χ2v) is 8.61. The molecule has 0 radical (unpaired) electrons. The van der Waals surface area contributed by atoms with Gasteiger partial charge >= 0.3 is 18.1 Å². The number of amides is 3. The Kier molecular flexibility index (Phi) is 6.00. The van der Waals surface area contributed by atoms with E-state index in [1.165, 1.54) is 22.3 Å². The molecule has 8 heteroatoms. The number of benzene rings is 1. The fraction of sp³-hybridized carbons (Fsp3) is 0.571. The van der Waals surface area contributed by atoms with Crippen molar-refractivity contribution in [1.29, 1.82) is 0 Å². The normalized spacial score (nSPS) is 15.8. The Morgan fingerprint density at radius 2 is 1.66 bits per heavy atom. The number of carboxylic acids is 1. The summed E-state index contributed by atoms with van der Waals surface area (Å²) < 4.78 is 5.10. The average molecular weight is 403 g/mol. The number of fused-ring (bicyclic) bond motifs is 2. The van der Waals surface area contributed by atoms with Gasteiger partial charge in [0.25, 0.3) is 0 Å². The number of nitrogens with one attached hydrogen (secondary N) is 3. The van der Waals surface area contributed by atoms with Crippen molar-refractivity contribution >= 4 is 23.8 Å². The molecule has 0 spiro atoms. The minimum Gasteiger partial charge on any atom is -0.480 e. The molecule has 2 aliphatic carbocycles. The first-order chi connectivity index (χ1) is 13.6. The zero-order valence-electron chi connectivity index (χ0n) is 17.2. The number of carbonyl (C=O) groups is 3. The van der Waals surface area contributed by atoms with Crippen molar-refractivity contribution in [2.45, 2.75) is 70.9 Å². The van der Waals surface area contributed by atoms with Crippen molar-refractivity contribution < 1.29 is 24.2 Å². The highest BCUT2D eigenvalue weighted by molar-refractivity contribution is 5.94. The number of hydrogen-bond donors (Lipinski definition) is 4. The highest BCUT2D eigenvalue weighted by Gasteiger charge is 2.27. The van der Waals surface area contributed by atoms with Crippen LogP contribution in [0.3, 0.4) is 0 Å². The number of urea groups is 1. The molecule has 0 aromatic heterocycles. The minimum absolute atomic E-state index is 0.275. The van der Waals surface area contributed by atoms with Crippen molar-refractivity contribution in [3.05, 3.63) is 28.3 Å². The third kappa shape index (κ3) is 5.19. The van der Waals surface area contributed by atoms with Gasteiger partial charge in [-0.15, -0.1) is 0 Å². The van der Waals surface area contributed by atoms with E-state index in [1.807, 2.05) is 0 Å². The van der Waals surface area contributed by atoms with Gasteiger partial charge in [0.2, 0.25) is 0 Å². The van der Waals surface area contributed by atoms with Crippen LogP contribution in [-0.4, -0.2) is 41.4 Å². The Bertz CT molecular complexity index is 796. The van der Waals surface area contributed by atoms with Crippen molar-refractivity contribution in [1.82, 2.24) is 10.6 Å². The number of aliphatic carboxylic acids is 1. The van der Waals surface area contributed by atoms with E-state index in [1.54, 1.807) is 20.8 Å². The topological polar surface area (TPSA) is 117 Å². The van der Waals surface area contributed by atoms with Gasteiger partial charge in [-0.25, -0.2) is 14.4 Å². The van der Waals surface area contributed by atoms with Crippen LogP contribution in [0.5, 0.6) is 0 Å². The van der Waals surface area contributed by atoms with Crippen LogP contribution in [0.4, 0.5) is 15.3 Å². The zero-order valence-corrected chi connectivity index (χ0v) is 17.2. The van der Waals surface area contributed by atoms with Crippen LogP contribution >= 0.6 is 0 Å². The summed E-state index contributed by atoms with van der Waals surface area (Å²) in [7, 11) is 0. The minimum atomic E-state index is -1.27. The molecule has 158 valence electrons. The van der Waals surface area contributed by atoms with Gasteiger partial charge in [0.1, 0.15) is 11.6 Å². The lowest BCUT2D eigenvalue weighted by Crippen LogP contribution is -2.50. The van der Waals surface area contributed by atoms with Crippen LogP contribution < -0.4 is 16.0 Å². The molecule has 0 aliphatic heterocycles. The maximum atomic E-state index is 12.6. The molecular formula is C21H29N3O5. The summed E-state index contributed by atoms with van der Waals surface area (Å²) in [5.41, 5.74) is 5.04. The molecule has 8 nitrogen and oxygen atoms in total. The largest absolute Gasteiger partial charge is 0.480 e. The third-order valence-corrected chi connectivity index (χ3v) is 5.16. The van der Waals surface area contributed by atoms with Gasteiger partial charge in [0.15, 0.2) is 0 Å². The van der Waals surface area contributed by atoms with E-state index in [-0.39, 0.29) is 6.54 Å². The van der Waals surface area contributed by atoms with E-state index in [0.29, 0.717) is 0 Å². The van der Waals surface area contributed by atoms with Crippen LogP contribution in [0, 0.1) is 0 Å². The molecule has 2 aliphatic rings. The molecule has 4 N–H and O–H groups in total. The molecule has 0 heterocycles. The van der Waals surface area contributed by atoms with Gasteiger partial charge in [-0.2, -0.15) is 0 Å². The van der Waals surface area contributed by atoms with Crippen LogP contribution in [0.2, 0.25) is 0 Å². The maximum absolute atomic E-state index is 12.6. The smallest absolute Gasteiger partial charge is 0.407 e. The van der Waals surface area contributed by atoms with Crippen LogP contribution in [-0.2, 0) is 35.2 Å². The van der Waals surface area contributed by atoms with Crippen molar-refractivity contribution in [3.63, 3.8) is 0 Å². The molecule has 29 heavy (non-hydrogen) atoms. The molecule has 0 saturated carbocycles. The number of hydrogen-bond acceptors (Lipinski definition) is 4. The number of aryl methyl sites for hydroxylation is 2.